The second kappa shape index (κ2) is 9.13. The molecule has 0 heterocycles. The fraction of sp³-hybridized carbons (Fsp3) is 0.400. The standard InChI is InChI=1S/C4H5N.CH4S/c1-4(2)3-5;1-2/h1H2,2H3;2H,1H3. The molecule has 0 N–H and O–H groups in total. The summed E-state index contributed by atoms with van der Waals surface area (Å²) < 4.78 is 0. The molecule has 0 rings (SSSR count). The summed E-state index contributed by atoms with van der Waals surface area (Å²) in [5.74, 6) is 0. The highest BCUT2D eigenvalue weighted by atomic mass is 32.1. The van der Waals surface area contributed by atoms with Crippen molar-refractivity contribution in [1.82, 2.24) is 0 Å². The fourth-order valence-electron chi connectivity index (χ4n) is 0. The maximum atomic E-state index is 7.79. The molecule has 0 aliphatic heterocycles. The SMILES string of the molecule is C=C(C)C#N.CS. The van der Waals surface area contributed by atoms with E-state index >= 15 is 0 Å². The van der Waals surface area contributed by atoms with E-state index in [-0.39, 0.29) is 0 Å². The van der Waals surface area contributed by atoms with Gasteiger partial charge in [0.2, 0.25) is 0 Å². The van der Waals surface area contributed by atoms with E-state index in [0.717, 1.165) is 0 Å². The lowest BCUT2D eigenvalue weighted by atomic mass is 10.4. The van der Waals surface area contributed by atoms with Gasteiger partial charge in [-0.25, -0.2) is 0 Å². The molecule has 0 aliphatic carbocycles. The molecule has 0 amide bonds. The number of allylic oxidation sites excluding steroid dienone is 1. The lowest BCUT2D eigenvalue weighted by Gasteiger charge is -1.61. The van der Waals surface area contributed by atoms with Gasteiger partial charge in [0.25, 0.3) is 0 Å². The molecular weight excluding hydrogens is 106 g/mol. The average molecular weight is 115 g/mol. The summed E-state index contributed by atoms with van der Waals surface area (Å²) in [7, 11) is 0. The highest BCUT2D eigenvalue weighted by Gasteiger charge is 1.64. The highest BCUT2D eigenvalue weighted by Crippen LogP contribution is 1.74. The van der Waals surface area contributed by atoms with Gasteiger partial charge in [-0.3, -0.25) is 0 Å². The minimum absolute atomic E-state index is 0.560. The number of nitrogens with zero attached hydrogens (tertiary/aromatic N) is 1. The van der Waals surface area contributed by atoms with Crippen LogP contribution in [0.4, 0.5) is 0 Å². The van der Waals surface area contributed by atoms with E-state index in [2.05, 4.69) is 19.2 Å². The largest absolute Gasteiger partial charge is 0.193 e. The zero-order valence-corrected chi connectivity index (χ0v) is 5.50. The first-order valence-corrected chi connectivity index (χ1v) is 2.67. The zero-order chi connectivity index (χ0) is 6.28. The predicted molar refractivity (Wildman–Crippen MR) is 35.3 cm³/mol. The van der Waals surface area contributed by atoms with Crippen molar-refractivity contribution < 1.29 is 0 Å². The van der Waals surface area contributed by atoms with Crippen LogP contribution < -0.4 is 0 Å². The Hall–Kier alpha value is -0.420. The Morgan fingerprint density at radius 1 is 1.71 bits per heavy atom. The first-order chi connectivity index (χ1) is 3.27. The molecule has 0 saturated heterocycles. The van der Waals surface area contributed by atoms with Crippen molar-refractivity contribution >= 4 is 12.6 Å². The van der Waals surface area contributed by atoms with Gasteiger partial charge >= 0.3 is 0 Å². The van der Waals surface area contributed by atoms with Crippen LogP contribution in [0.25, 0.3) is 0 Å². The van der Waals surface area contributed by atoms with Crippen LogP contribution in [0.1, 0.15) is 6.92 Å². The molecule has 40 valence electrons. The molecule has 0 spiro atoms. The fourth-order valence-corrected chi connectivity index (χ4v) is 0. The van der Waals surface area contributed by atoms with Gasteiger partial charge in [-0.2, -0.15) is 17.9 Å². The molecular formula is C5H9NS. The summed E-state index contributed by atoms with van der Waals surface area (Å²) in [6, 6.07) is 1.83. The molecule has 0 bridgehead atoms. The van der Waals surface area contributed by atoms with Gasteiger partial charge in [-0.05, 0) is 13.2 Å². The molecule has 7 heavy (non-hydrogen) atoms. The van der Waals surface area contributed by atoms with Crippen LogP contribution in [0.3, 0.4) is 0 Å². The molecule has 2 heteroatoms. The Balaban J connectivity index is 0. The van der Waals surface area contributed by atoms with Crippen LogP contribution in [0, 0.1) is 11.3 Å². The number of rotatable bonds is 0. The van der Waals surface area contributed by atoms with Crippen molar-refractivity contribution in [3.63, 3.8) is 0 Å². The maximum Gasteiger partial charge on any atom is 0.0937 e. The number of hydrogen-bond acceptors (Lipinski definition) is 2. The first kappa shape index (κ1) is 9.77. The summed E-state index contributed by atoms with van der Waals surface area (Å²) in [5, 5.41) is 7.79. The van der Waals surface area contributed by atoms with Crippen molar-refractivity contribution in [3.05, 3.63) is 12.2 Å². The molecule has 1 nitrogen and oxygen atoms in total. The van der Waals surface area contributed by atoms with E-state index in [0.29, 0.717) is 5.57 Å². The minimum atomic E-state index is 0.560. The molecule has 0 aromatic carbocycles. The van der Waals surface area contributed by atoms with Crippen molar-refractivity contribution in [2.75, 3.05) is 6.26 Å². The quantitative estimate of drug-likeness (QED) is 0.376. The first-order valence-electron chi connectivity index (χ1n) is 1.77. The molecule has 0 aliphatic rings. The lowest BCUT2D eigenvalue weighted by molar-refractivity contribution is 1.46. The molecule has 0 radical (unpaired) electrons. The summed E-state index contributed by atoms with van der Waals surface area (Å²) in [6.07, 6.45) is 1.69. The van der Waals surface area contributed by atoms with Gasteiger partial charge in [-0.1, -0.05) is 6.58 Å². The second-order valence-electron chi connectivity index (χ2n) is 0.892. The van der Waals surface area contributed by atoms with Crippen molar-refractivity contribution in [1.29, 1.82) is 5.26 Å². The van der Waals surface area contributed by atoms with Crippen LogP contribution in [0.15, 0.2) is 12.2 Å². The third kappa shape index (κ3) is 28.6. The Labute approximate surface area is 50.1 Å². The number of thiol groups is 1. The molecule has 0 unspecified atom stereocenters. The van der Waals surface area contributed by atoms with E-state index in [1.165, 1.54) is 0 Å². The van der Waals surface area contributed by atoms with Crippen LogP contribution in [-0.4, -0.2) is 6.26 Å². The number of hydrogen-bond donors (Lipinski definition) is 1. The maximum absolute atomic E-state index is 7.79. The van der Waals surface area contributed by atoms with Crippen molar-refractivity contribution in [2.24, 2.45) is 0 Å². The molecule has 0 fully saturated rings. The van der Waals surface area contributed by atoms with Crippen molar-refractivity contribution in [2.45, 2.75) is 6.92 Å². The van der Waals surface area contributed by atoms with Gasteiger partial charge in [0.1, 0.15) is 0 Å². The minimum Gasteiger partial charge on any atom is -0.193 e. The van der Waals surface area contributed by atoms with E-state index in [4.69, 9.17) is 5.26 Å². The van der Waals surface area contributed by atoms with Gasteiger partial charge in [0.05, 0.1) is 6.07 Å². The van der Waals surface area contributed by atoms with E-state index in [1.807, 2.05) is 6.07 Å². The second-order valence-corrected chi connectivity index (χ2v) is 0.892. The van der Waals surface area contributed by atoms with Gasteiger partial charge in [0.15, 0.2) is 0 Å². The Kier molecular flexibility index (Phi) is 12.7. The zero-order valence-electron chi connectivity index (χ0n) is 4.60. The summed E-state index contributed by atoms with van der Waals surface area (Å²) in [6.45, 7) is 4.98. The Bertz CT molecular complexity index is 80.6. The molecule has 0 aromatic rings. The average Bonchev–Trinajstić information content (AvgIpc) is 1.73. The van der Waals surface area contributed by atoms with Crippen molar-refractivity contribution in [3.8, 4) is 6.07 Å². The predicted octanol–water partition coefficient (Wildman–Crippen LogP) is 1.63. The Morgan fingerprint density at radius 3 is 1.86 bits per heavy atom. The van der Waals surface area contributed by atoms with Crippen LogP contribution in [-0.2, 0) is 0 Å². The van der Waals surface area contributed by atoms with Gasteiger partial charge < -0.3 is 0 Å². The lowest BCUT2D eigenvalue weighted by Crippen LogP contribution is -1.51. The van der Waals surface area contributed by atoms with Crippen LogP contribution in [0.5, 0.6) is 0 Å². The monoisotopic (exact) mass is 115 g/mol. The molecule has 0 atom stereocenters. The van der Waals surface area contributed by atoms with E-state index < -0.39 is 0 Å². The number of nitriles is 1. The Morgan fingerprint density at radius 2 is 1.86 bits per heavy atom. The smallest absolute Gasteiger partial charge is 0.0937 e. The summed E-state index contributed by atoms with van der Waals surface area (Å²) in [4.78, 5) is 0. The van der Waals surface area contributed by atoms with Crippen LogP contribution >= 0.6 is 12.6 Å². The third-order valence-corrected chi connectivity index (χ3v) is 0.191. The van der Waals surface area contributed by atoms with Gasteiger partial charge in [0, 0.05) is 5.57 Å². The third-order valence-electron chi connectivity index (χ3n) is 0.191. The normalized spacial score (nSPS) is 4.86. The summed E-state index contributed by atoms with van der Waals surface area (Å²) in [5.41, 5.74) is 0.560. The highest BCUT2D eigenvalue weighted by molar-refractivity contribution is 7.79. The molecule has 0 aromatic heterocycles. The van der Waals surface area contributed by atoms with Gasteiger partial charge in [-0.15, -0.1) is 0 Å². The summed E-state index contributed by atoms with van der Waals surface area (Å²) >= 11 is 3.53. The molecule has 0 saturated carbocycles. The van der Waals surface area contributed by atoms with E-state index in [9.17, 15) is 0 Å². The topological polar surface area (TPSA) is 23.8 Å². The van der Waals surface area contributed by atoms with E-state index in [1.54, 1.807) is 13.2 Å². The van der Waals surface area contributed by atoms with Crippen LogP contribution in [0.2, 0.25) is 0 Å².